The fourth-order valence-corrected chi connectivity index (χ4v) is 3.20. The quantitative estimate of drug-likeness (QED) is 0.356. The maximum absolute atomic E-state index is 12.8. The number of alkyl halides is 6. The summed E-state index contributed by atoms with van der Waals surface area (Å²) in [5.41, 5.74) is 0.0451. The summed E-state index contributed by atoms with van der Waals surface area (Å²) in [5.74, 6) is -0.366. The molecule has 34 heavy (non-hydrogen) atoms. The molecule has 0 spiro atoms. The number of ether oxygens (including phenoxy) is 2. The summed E-state index contributed by atoms with van der Waals surface area (Å²) in [6, 6.07) is 12.7. The smallest absolute Gasteiger partial charge is 0.492 e. The van der Waals surface area contributed by atoms with E-state index in [0.29, 0.717) is 16.8 Å². The average Bonchev–Trinajstić information content (AvgIpc) is 3.08. The first-order chi connectivity index (χ1) is 16.0. The molecule has 4 rings (SSSR count). The van der Waals surface area contributed by atoms with Crippen LogP contribution >= 0.6 is 0 Å². The van der Waals surface area contributed by atoms with Gasteiger partial charge in [0, 0.05) is 6.20 Å². The van der Waals surface area contributed by atoms with Gasteiger partial charge < -0.3 is 9.47 Å². The van der Waals surface area contributed by atoms with Gasteiger partial charge >= 0.3 is 18.2 Å². The van der Waals surface area contributed by atoms with Crippen molar-refractivity contribution >= 4 is 5.65 Å². The van der Waals surface area contributed by atoms with E-state index in [4.69, 9.17) is 4.74 Å². The highest BCUT2D eigenvalue weighted by molar-refractivity contribution is 5.65. The second-order valence-electron chi connectivity index (χ2n) is 7.10. The van der Waals surface area contributed by atoms with E-state index in [1.807, 2.05) is 0 Å². The molecule has 2 heterocycles. The molecule has 0 radical (unpaired) electrons. The number of aromatic nitrogens is 3. The van der Waals surface area contributed by atoms with Crippen LogP contribution in [0.15, 0.2) is 71.7 Å². The number of benzene rings is 2. The zero-order valence-corrected chi connectivity index (χ0v) is 17.1. The summed E-state index contributed by atoms with van der Waals surface area (Å²) in [5, 5.41) is 4.15. The van der Waals surface area contributed by atoms with Crippen molar-refractivity contribution in [1.29, 1.82) is 0 Å². The highest BCUT2D eigenvalue weighted by Gasteiger charge is 2.31. The van der Waals surface area contributed by atoms with Crippen molar-refractivity contribution in [2.75, 3.05) is 6.61 Å². The van der Waals surface area contributed by atoms with Crippen LogP contribution in [0.1, 0.15) is 5.56 Å². The van der Waals surface area contributed by atoms with Gasteiger partial charge in [0.1, 0.15) is 18.1 Å². The third kappa shape index (κ3) is 5.33. The maximum atomic E-state index is 12.8. The van der Waals surface area contributed by atoms with E-state index in [-0.39, 0.29) is 24.7 Å². The highest BCUT2D eigenvalue weighted by Crippen LogP contribution is 2.31. The monoisotopic (exact) mass is 483 g/mol. The molecule has 0 amide bonds. The van der Waals surface area contributed by atoms with Crippen molar-refractivity contribution in [3.63, 3.8) is 0 Å². The highest BCUT2D eigenvalue weighted by atomic mass is 19.4. The lowest BCUT2D eigenvalue weighted by Gasteiger charge is -2.10. The van der Waals surface area contributed by atoms with E-state index in [1.165, 1.54) is 34.9 Å². The summed E-state index contributed by atoms with van der Waals surface area (Å²) in [7, 11) is 0. The van der Waals surface area contributed by atoms with Gasteiger partial charge in [-0.05, 0) is 53.6 Å². The Balaban J connectivity index is 1.48. The molecule has 6 nitrogen and oxygen atoms in total. The molecule has 2 aromatic carbocycles. The fourth-order valence-electron chi connectivity index (χ4n) is 3.20. The summed E-state index contributed by atoms with van der Waals surface area (Å²) >= 11 is 0. The Kier molecular flexibility index (Phi) is 5.98. The van der Waals surface area contributed by atoms with E-state index in [1.54, 1.807) is 12.1 Å². The van der Waals surface area contributed by atoms with E-state index < -0.39 is 23.8 Å². The first kappa shape index (κ1) is 23.2. The molecule has 0 atom stereocenters. The van der Waals surface area contributed by atoms with Crippen molar-refractivity contribution in [3.05, 3.63) is 82.9 Å². The molecule has 0 fully saturated rings. The van der Waals surface area contributed by atoms with Gasteiger partial charge in [0.2, 0.25) is 0 Å². The predicted octanol–water partition coefficient (Wildman–Crippen LogP) is 5.16. The van der Waals surface area contributed by atoms with Gasteiger partial charge in [-0.15, -0.1) is 18.3 Å². The van der Waals surface area contributed by atoms with E-state index in [0.717, 1.165) is 28.9 Å². The minimum Gasteiger partial charge on any atom is -0.492 e. The van der Waals surface area contributed by atoms with Crippen molar-refractivity contribution in [2.24, 2.45) is 0 Å². The normalized spacial score (nSPS) is 12.2. The minimum atomic E-state index is -4.80. The molecule has 0 aliphatic heterocycles. The SMILES string of the molecule is O=c1n(CCOc2cccc(C(F)(F)F)c2)nc2ccc(-c3ccc(OC(F)(F)F)cc3)cn12. The van der Waals surface area contributed by atoms with Crippen LogP contribution in [-0.4, -0.2) is 27.2 Å². The van der Waals surface area contributed by atoms with Crippen molar-refractivity contribution < 1.29 is 35.8 Å². The van der Waals surface area contributed by atoms with Crippen LogP contribution in [0.4, 0.5) is 26.3 Å². The van der Waals surface area contributed by atoms with Gasteiger partial charge in [0.25, 0.3) is 0 Å². The number of rotatable bonds is 6. The van der Waals surface area contributed by atoms with E-state index >= 15 is 0 Å². The molecule has 0 aliphatic rings. The van der Waals surface area contributed by atoms with Crippen molar-refractivity contribution in [2.45, 2.75) is 19.1 Å². The minimum absolute atomic E-state index is 0.00636. The standard InChI is InChI=1S/C22H15F6N3O3/c23-21(24,25)16-2-1-3-18(12-16)33-11-10-31-20(32)30-13-15(6-9-19(30)29-31)14-4-7-17(8-5-14)34-22(26,27)28/h1-9,12-13H,10-11H2. The summed E-state index contributed by atoms with van der Waals surface area (Å²) in [6.45, 7) is -0.117. The second-order valence-corrected chi connectivity index (χ2v) is 7.10. The Morgan fingerprint density at radius 1 is 0.853 bits per heavy atom. The third-order valence-corrected chi connectivity index (χ3v) is 4.73. The van der Waals surface area contributed by atoms with Crippen LogP contribution in [0.5, 0.6) is 11.5 Å². The Hall–Kier alpha value is -3.96. The third-order valence-electron chi connectivity index (χ3n) is 4.73. The Bertz CT molecular complexity index is 1360. The first-order valence-corrected chi connectivity index (χ1v) is 9.75. The van der Waals surface area contributed by atoms with Crippen LogP contribution in [0.3, 0.4) is 0 Å². The predicted molar refractivity (Wildman–Crippen MR) is 109 cm³/mol. The largest absolute Gasteiger partial charge is 0.573 e. The topological polar surface area (TPSA) is 57.8 Å². The molecule has 12 heteroatoms. The maximum Gasteiger partial charge on any atom is 0.573 e. The Morgan fingerprint density at radius 2 is 1.56 bits per heavy atom. The van der Waals surface area contributed by atoms with Gasteiger partial charge in [-0.1, -0.05) is 18.2 Å². The zero-order chi connectivity index (χ0) is 24.5. The Labute approximate surface area is 187 Å². The van der Waals surface area contributed by atoms with Crippen LogP contribution in [0.25, 0.3) is 16.8 Å². The van der Waals surface area contributed by atoms with Crippen LogP contribution < -0.4 is 15.2 Å². The number of nitrogens with zero attached hydrogens (tertiary/aromatic N) is 3. The summed E-state index contributed by atoms with van der Waals surface area (Å²) < 4.78 is 86.9. The molecule has 178 valence electrons. The van der Waals surface area contributed by atoms with Crippen molar-refractivity contribution in [1.82, 2.24) is 14.2 Å². The molecular weight excluding hydrogens is 468 g/mol. The number of fused-ring (bicyclic) bond motifs is 1. The Morgan fingerprint density at radius 3 is 2.24 bits per heavy atom. The molecule has 0 saturated heterocycles. The van der Waals surface area contributed by atoms with Gasteiger partial charge in [0.05, 0.1) is 12.1 Å². The number of pyridine rings is 1. The number of hydrogen-bond donors (Lipinski definition) is 0. The molecule has 0 unspecified atom stereocenters. The van der Waals surface area contributed by atoms with Crippen LogP contribution in [0, 0.1) is 0 Å². The van der Waals surface area contributed by atoms with Gasteiger partial charge in [-0.2, -0.15) is 13.2 Å². The lowest BCUT2D eigenvalue weighted by atomic mass is 10.1. The molecule has 0 saturated carbocycles. The summed E-state index contributed by atoms with van der Waals surface area (Å²) in [6.07, 6.45) is -7.82. The van der Waals surface area contributed by atoms with Crippen LogP contribution in [0.2, 0.25) is 0 Å². The molecule has 4 aromatic rings. The average molecular weight is 483 g/mol. The summed E-state index contributed by atoms with van der Waals surface area (Å²) in [4.78, 5) is 12.7. The van der Waals surface area contributed by atoms with E-state index in [2.05, 4.69) is 9.84 Å². The van der Waals surface area contributed by atoms with Crippen molar-refractivity contribution in [3.8, 4) is 22.6 Å². The van der Waals surface area contributed by atoms with Gasteiger partial charge in [-0.25, -0.2) is 13.9 Å². The molecular formula is C22H15F6N3O3. The van der Waals surface area contributed by atoms with Gasteiger partial charge in [0.15, 0.2) is 5.65 Å². The van der Waals surface area contributed by atoms with E-state index in [9.17, 15) is 31.1 Å². The van der Waals surface area contributed by atoms with Crippen LogP contribution in [-0.2, 0) is 12.7 Å². The molecule has 0 aliphatic carbocycles. The lowest BCUT2D eigenvalue weighted by molar-refractivity contribution is -0.274. The molecule has 0 bridgehead atoms. The lowest BCUT2D eigenvalue weighted by Crippen LogP contribution is -2.24. The molecule has 0 N–H and O–H groups in total. The first-order valence-electron chi connectivity index (χ1n) is 9.75. The zero-order valence-electron chi connectivity index (χ0n) is 17.1. The fraction of sp³-hybridized carbons (Fsp3) is 0.182. The second kappa shape index (κ2) is 8.76. The molecule has 2 aromatic heterocycles. The number of hydrogen-bond acceptors (Lipinski definition) is 4. The number of halogens is 6. The van der Waals surface area contributed by atoms with Gasteiger partial charge in [-0.3, -0.25) is 0 Å².